The highest BCUT2D eigenvalue weighted by atomic mass is 16.5. The summed E-state index contributed by atoms with van der Waals surface area (Å²) in [4.78, 5) is 11.3. The molecule has 0 aliphatic heterocycles. The largest absolute Gasteiger partial charge is 0.463 e. The van der Waals surface area contributed by atoms with Gasteiger partial charge in [-0.3, -0.25) is 0 Å². The van der Waals surface area contributed by atoms with Crippen LogP contribution in [0, 0.1) is 5.92 Å². The molecule has 21 heavy (non-hydrogen) atoms. The Morgan fingerprint density at radius 2 is 2.00 bits per heavy atom. The van der Waals surface area contributed by atoms with Gasteiger partial charge in [-0.25, -0.2) is 4.79 Å². The van der Waals surface area contributed by atoms with Crippen molar-refractivity contribution in [3.05, 3.63) is 23.8 Å². The first-order chi connectivity index (χ1) is 9.80. The molecule has 0 aromatic rings. The van der Waals surface area contributed by atoms with Gasteiger partial charge in [0.2, 0.25) is 0 Å². The third-order valence-corrected chi connectivity index (χ3v) is 3.58. The standard InChI is InChI=1S/C18H32O3/c1-7-21-17(19)14-16(3)11-8-10-15(2)12-9-13-18(4,5)20-6/h8,11,14-15H,7,9-10,12-13H2,1-6H3/t15-/m1/s1. The lowest BCUT2D eigenvalue weighted by atomic mass is 9.95. The van der Waals surface area contributed by atoms with Crippen molar-refractivity contribution in [2.45, 2.75) is 65.9 Å². The molecular weight excluding hydrogens is 264 g/mol. The minimum Gasteiger partial charge on any atom is -0.463 e. The fourth-order valence-electron chi connectivity index (χ4n) is 2.00. The molecule has 0 N–H and O–H groups in total. The average Bonchev–Trinajstić information content (AvgIpc) is 2.38. The normalized spacial score (nSPS) is 14.5. The molecule has 0 aromatic heterocycles. The van der Waals surface area contributed by atoms with Crippen LogP contribution in [0.15, 0.2) is 23.8 Å². The lowest BCUT2D eigenvalue weighted by Crippen LogP contribution is -2.22. The highest BCUT2D eigenvalue weighted by Gasteiger charge is 2.15. The van der Waals surface area contributed by atoms with E-state index in [1.54, 1.807) is 7.11 Å². The van der Waals surface area contributed by atoms with Gasteiger partial charge in [0, 0.05) is 13.2 Å². The molecule has 0 bridgehead atoms. The zero-order valence-corrected chi connectivity index (χ0v) is 14.6. The van der Waals surface area contributed by atoms with E-state index in [9.17, 15) is 4.79 Å². The SMILES string of the molecule is CCOC(=O)C=C(C)C=CC[C@@H](C)CCCC(C)(C)OC. The number of carbonyl (C=O) groups excluding carboxylic acids is 1. The summed E-state index contributed by atoms with van der Waals surface area (Å²) in [5.41, 5.74) is 0.912. The molecule has 0 aliphatic carbocycles. The molecule has 0 unspecified atom stereocenters. The van der Waals surface area contributed by atoms with Gasteiger partial charge in [0.25, 0.3) is 0 Å². The molecule has 0 heterocycles. The lowest BCUT2D eigenvalue weighted by Gasteiger charge is -2.23. The van der Waals surface area contributed by atoms with Crippen LogP contribution in [-0.2, 0) is 14.3 Å². The van der Waals surface area contributed by atoms with Crippen molar-refractivity contribution >= 4 is 5.97 Å². The highest BCUT2D eigenvalue weighted by Crippen LogP contribution is 2.20. The van der Waals surface area contributed by atoms with E-state index in [0.717, 1.165) is 18.4 Å². The van der Waals surface area contributed by atoms with Gasteiger partial charge in [-0.05, 0) is 52.0 Å². The Balaban J connectivity index is 3.99. The Morgan fingerprint density at radius 3 is 2.57 bits per heavy atom. The maximum absolute atomic E-state index is 11.3. The molecule has 3 heteroatoms. The van der Waals surface area contributed by atoms with Crippen LogP contribution >= 0.6 is 0 Å². The van der Waals surface area contributed by atoms with Gasteiger partial charge in [-0.15, -0.1) is 0 Å². The van der Waals surface area contributed by atoms with Gasteiger partial charge in [-0.1, -0.05) is 31.9 Å². The summed E-state index contributed by atoms with van der Waals surface area (Å²) in [5, 5.41) is 0. The van der Waals surface area contributed by atoms with Crippen LogP contribution in [0.2, 0.25) is 0 Å². The zero-order valence-electron chi connectivity index (χ0n) is 14.6. The fourth-order valence-corrected chi connectivity index (χ4v) is 2.00. The molecule has 0 radical (unpaired) electrons. The summed E-state index contributed by atoms with van der Waals surface area (Å²) in [6.45, 7) is 10.7. The van der Waals surface area contributed by atoms with E-state index < -0.39 is 0 Å². The van der Waals surface area contributed by atoms with Crippen molar-refractivity contribution < 1.29 is 14.3 Å². The number of hydrogen-bond acceptors (Lipinski definition) is 3. The van der Waals surface area contributed by atoms with Crippen LogP contribution in [0.5, 0.6) is 0 Å². The molecule has 0 fully saturated rings. The Hall–Kier alpha value is -1.09. The van der Waals surface area contributed by atoms with Crippen LogP contribution in [0.25, 0.3) is 0 Å². The molecule has 1 atom stereocenters. The zero-order chi connectivity index (χ0) is 16.3. The first kappa shape index (κ1) is 19.9. The Labute approximate surface area is 130 Å². The molecule has 0 saturated carbocycles. The minimum absolute atomic E-state index is 0.0193. The second-order valence-electron chi connectivity index (χ2n) is 6.24. The Kier molecular flexibility index (Phi) is 10.1. The van der Waals surface area contributed by atoms with E-state index in [4.69, 9.17) is 9.47 Å². The molecule has 0 saturated heterocycles. The predicted molar refractivity (Wildman–Crippen MR) is 88.3 cm³/mol. The second kappa shape index (κ2) is 10.6. The summed E-state index contributed by atoms with van der Waals surface area (Å²) in [7, 11) is 1.77. The van der Waals surface area contributed by atoms with Crippen molar-refractivity contribution in [3.63, 3.8) is 0 Å². The third-order valence-electron chi connectivity index (χ3n) is 3.58. The van der Waals surface area contributed by atoms with Gasteiger partial charge in [0.1, 0.15) is 0 Å². The third kappa shape index (κ3) is 11.3. The van der Waals surface area contributed by atoms with Crippen molar-refractivity contribution in [2.75, 3.05) is 13.7 Å². The van der Waals surface area contributed by atoms with Crippen molar-refractivity contribution in [3.8, 4) is 0 Å². The summed E-state index contributed by atoms with van der Waals surface area (Å²) >= 11 is 0. The molecule has 0 aliphatic rings. The molecule has 0 spiro atoms. The Morgan fingerprint density at radius 1 is 1.33 bits per heavy atom. The van der Waals surface area contributed by atoms with Gasteiger partial charge in [0.15, 0.2) is 0 Å². The summed E-state index contributed by atoms with van der Waals surface area (Å²) < 4.78 is 10.3. The monoisotopic (exact) mass is 296 g/mol. The van der Waals surface area contributed by atoms with E-state index >= 15 is 0 Å². The molecule has 122 valence electrons. The summed E-state index contributed by atoms with van der Waals surface area (Å²) in [6, 6.07) is 0. The van der Waals surface area contributed by atoms with E-state index in [0.29, 0.717) is 12.5 Å². The first-order valence-electron chi connectivity index (χ1n) is 7.87. The van der Waals surface area contributed by atoms with Crippen LogP contribution in [0.4, 0.5) is 0 Å². The lowest BCUT2D eigenvalue weighted by molar-refractivity contribution is -0.137. The van der Waals surface area contributed by atoms with Crippen LogP contribution < -0.4 is 0 Å². The van der Waals surface area contributed by atoms with Crippen LogP contribution in [0.3, 0.4) is 0 Å². The number of carbonyl (C=O) groups is 1. The minimum atomic E-state index is -0.269. The van der Waals surface area contributed by atoms with Crippen molar-refractivity contribution in [1.82, 2.24) is 0 Å². The fraction of sp³-hybridized carbons (Fsp3) is 0.722. The van der Waals surface area contributed by atoms with E-state index in [2.05, 4.69) is 26.8 Å². The number of allylic oxidation sites excluding steroid dienone is 3. The number of rotatable bonds is 10. The Bertz CT molecular complexity index is 353. The second-order valence-corrected chi connectivity index (χ2v) is 6.24. The maximum Gasteiger partial charge on any atom is 0.330 e. The highest BCUT2D eigenvalue weighted by molar-refractivity contribution is 5.83. The molecular formula is C18H32O3. The average molecular weight is 296 g/mol. The van der Waals surface area contributed by atoms with E-state index in [1.807, 2.05) is 19.9 Å². The number of hydrogen-bond donors (Lipinski definition) is 0. The molecule has 0 amide bonds. The molecule has 0 aromatic carbocycles. The number of methoxy groups -OCH3 is 1. The number of ether oxygens (including phenoxy) is 2. The van der Waals surface area contributed by atoms with E-state index in [-0.39, 0.29) is 11.6 Å². The summed E-state index contributed by atoms with van der Waals surface area (Å²) in [5.74, 6) is 0.374. The van der Waals surface area contributed by atoms with Crippen molar-refractivity contribution in [2.24, 2.45) is 5.92 Å². The van der Waals surface area contributed by atoms with Gasteiger partial charge in [0.05, 0.1) is 12.2 Å². The predicted octanol–water partition coefficient (Wildman–Crippen LogP) is 4.67. The quantitative estimate of drug-likeness (QED) is 0.334. The molecule has 3 nitrogen and oxygen atoms in total. The maximum atomic E-state index is 11.3. The van der Waals surface area contributed by atoms with Gasteiger partial charge < -0.3 is 9.47 Å². The van der Waals surface area contributed by atoms with Crippen LogP contribution in [-0.4, -0.2) is 25.3 Å². The number of esters is 1. The van der Waals surface area contributed by atoms with Crippen molar-refractivity contribution in [1.29, 1.82) is 0 Å². The smallest absolute Gasteiger partial charge is 0.330 e. The summed E-state index contributed by atoms with van der Waals surface area (Å²) in [6.07, 6.45) is 10.1. The van der Waals surface area contributed by atoms with E-state index in [1.165, 1.54) is 18.9 Å². The van der Waals surface area contributed by atoms with Crippen LogP contribution in [0.1, 0.15) is 60.3 Å². The first-order valence-corrected chi connectivity index (χ1v) is 7.87. The molecule has 0 rings (SSSR count). The van der Waals surface area contributed by atoms with Gasteiger partial charge >= 0.3 is 5.97 Å². The topological polar surface area (TPSA) is 35.5 Å². The van der Waals surface area contributed by atoms with Gasteiger partial charge in [-0.2, -0.15) is 0 Å².